The predicted molar refractivity (Wildman–Crippen MR) is 97.9 cm³/mol. The summed E-state index contributed by atoms with van der Waals surface area (Å²) in [5.74, 6) is 1.60. The Kier molecular flexibility index (Phi) is 4.21. The van der Waals surface area contributed by atoms with Crippen LogP contribution in [0.3, 0.4) is 0 Å². The average molecular weight is 358 g/mol. The van der Waals surface area contributed by atoms with Gasteiger partial charge in [-0.2, -0.15) is 4.31 Å². The third kappa shape index (κ3) is 3.39. The highest BCUT2D eigenvalue weighted by molar-refractivity contribution is 7.90. The molecule has 0 bridgehead atoms. The summed E-state index contributed by atoms with van der Waals surface area (Å²) in [5.41, 5.74) is 1.96. The molecule has 1 saturated heterocycles. The Morgan fingerprint density at radius 2 is 1.68 bits per heavy atom. The van der Waals surface area contributed by atoms with Crippen LogP contribution < -0.4 is 4.90 Å². The van der Waals surface area contributed by atoms with E-state index in [0.717, 1.165) is 35.7 Å². The maximum Gasteiger partial charge on any atom is 0.217 e. The first kappa shape index (κ1) is 16.5. The molecular formula is C18H22N4O2S. The van der Waals surface area contributed by atoms with Gasteiger partial charge in [0.2, 0.25) is 10.0 Å². The summed E-state index contributed by atoms with van der Waals surface area (Å²) in [5, 5.41) is -0.134. The van der Waals surface area contributed by atoms with Crippen LogP contribution >= 0.6 is 0 Å². The van der Waals surface area contributed by atoms with E-state index in [1.807, 2.05) is 43.3 Å². The van der Waals surface area contributed by atoms with Gasteiger partial charge in [-0.15, -0.1) is 0 Å². The minimum absolute atomic E-state index is 0.134. The van der Waals surface area contributed by atoms with Crippen molar-refractivity contribution < 1.29 is 8.42 Å². The van der Waals surface area contributed by atoms with Crippen LogP contribution in [0.4, 0.5) is 5.82 Å². The summed E-state index contributed by atoms with van der Waals surface area (Å²) in [4.78, 5) is 11.3. The van der Waals surface area contributed by atoms with Gasteiger partial charge in [-0.25, -0.2) is 18.4 Å². The standard InChI is InChI=1S/C18H22N4O2S/c1-14-19-17(15-5-3-2-4-6-15)13-18(20-14)21-9-11-22(12-10-21)25(23,24)16-7-8-16/h2-6,13,16H,7-12H2,1H3. The zero-order chi connectivity index (χ0) is 17.4. The molecule has 2 heterocycles. The minimum Gasteiger partial charge on any atom is -0.354 e. The van der Waals surface area contributed by atoms with Crippen molar-refractivity contribution in [1.29, 1.82) is 0 Å². The zero-order valence-electron chi connectivity index (χ0n) is 14.3. The second-order valence-corrected chi connectivity index (χ2v) is 8.87. The maximum atomic E-state index is 12.4. The number of hydrogen-bond donors (Lipinski definition) is 0. The molecule has 0 spiro atoms. The van der Waals surface area contributed by atoms with E-state index in [2.05, 4.69) is 14.9 Å². The van der Waals surface area contributed by atoms with Crippen molar-refractivity contribution >= 4 is 15.8 Å². The summed E-state index contributed by atoms with van der Waals surface area (Å²) in [7, 11) is -3.08. The molecule has 7 heteroatoms. The van der Waals surface area contributed by atoms with Crippen LogP contribution in [0.15, 0.2) is 36.4 Å². The number of sulfonamides is 1. The zero-order valence-corrected chi connectivity index (χ0v) is 15.1. The molecule has 6 nitrogen and oxygen atoms in total. The Hall–Kier alpha value is -1.99. The minimum atomic E-state index is -3.08. The van der Waals surface area contributed by atoms with E-state index in [4.69, 9.17) is 0 Å². The summed E-state index contributed by atoms with van der Waals surface area (Å²) >= 11 is 0. The number of rotatable bonds is 4. The van der Waals surface area contributed by atoms with E-state index in [-0.39, 0.29) is 5.25 Å². The predicted octanol–water partition coefficient (Wildman–Crippen LogP) is 2.07. The third-order valence-corrected chi connectivity index (χ3v) is 7.16. The third-order valence-electron chi connectivity index (χ3n) is 4.76. The molecule has 1 aliphatic heterocycles. The molecule has 1 aromatic heterocycles. The van der Waals surface area contributed by atoms with Crippen molar-refractivity contribution in [1.82, 2.24) is 14.3 Å². The lowest BCUT2D eigenvalue weighted by molar-refractivity contribution is 0.383. The number of aromatic nitrogens is 2. The van der Waals surface area contributed by atoms with Crippen LogP contribution in [0.2, 0.25) is 0 Å². The smallest absolute Gasteiger partial charge is 0.217 e. The molecule has 1 saturated carbocycles. The molecule has 1 aliphatic carbocycles. The van der Waals surface area contributed by atoms with Gasteiger partial charge in [0.15, 0.2) is 0 Å². The van der Waals surface area contributed by atoms with Crippen molar-refractivity contribution in [3.63, 3.8) is 0 Å². The normalized spacial score (nSPS) is 19.2. The molecule has 2 aliphatic rings. The molecule has 2 aromatic rings. The second-order valence-electron chi connectivity index (χ2n) is 6.66. The van der Waals surface area contributed by atoms with Gasteiger partial charge in [0.25, 0.3) is 0 Å². The molecule has 0 N–H and O–H groups in total. The fourth-order valence-electron chi connectivity index (χ4n) is 3.22. The Bertz CT molecular complexity index is 858. The summed E-state index contributed by atoms with van der Waals surface area (Å²) < 4.78 is 26.4. The maximum absolute atomic E-state index is 12.4. The van der Waals surface area contributed by atoms with Crippen LogP contribution in [0.5, 0.6) is 0 Å². The molecule has 0 unspecified atom stereocenters. The highest BCUT2D eigenvalue weighted by atomic mass is 32.2. The van der Waals surface area contributed by atoms with E-state index in [0.29, 0.717) is 26.2 Å². The summed E-state index contributed by atoms with van der Waals surface area (Å²) in [6.07, 6.45) is 1.63. The van der Waals surface area contributed by atoms with Gasteiger partial charge in [-0.3, -0.25) is 0 Å². The molecule has 2 fully saturated rings. The Morgan fingerprint density at radius 3 is 2.32 bits per heavy atom. The van der Waals surface area contributed by atoms with Gasteiger partial charge in [0.1, 0.15) is 11.6 Å². The molecule has 4 rings (SSSR count). The quantitative estimate of drug-likeness (QED) is 0.837. The average Bonchev–Trinajstić information content (AvgIpc) is 3.48. The van der Waals surface area contributed by atoms with Gasteiger partial charge in [-0.05, 0) is 19.8 Å². The number of nitrogens with zero attached hydrogens (tertiary/aromatic N) is 4. The first-order valence-corrected chi connectivity index (χ1v) is 10.2. The van der Waals surface area contributed by atoms with Crippen LogP contribution in [0.25, 0.3) is 11.3 Å². The largest absolute Gasteiger partial charge is 0.354 e. The molecule has 0 radical (unpaired) electrons. The van der Waals surface area contributed by atoms with Crippen molar-refractivity contribution in [2.45, 2.75) is 25.0 Å². The molecule has 1 aromatic carbocycles. The van der Waals surface area contributed by atoms with E-state index in [1.54, 1.807) is 4.31 Å². The van der Waals surface area contributed by atoms with E-state index in [1.165, 1.54) is 0 Å². The lowest BCUT2D eigenvalue weighted by Crippen LogP contribution is -2.49. The van der Waals surface area contributed by atoms with Gasteiger partial charge >= 0.3 is 0 Å². The Morgan fingerprint density at radius 1 is 1.00 bits per heavy atom. The topological polar surface area (TPSA) is 66.4 Å². The molecule has 0 amide bonds. The molecule has 132 valence electrons. The van der Waals surface area contributed by atoms with Gasteiger partial charge in [0.05, 0.1) is 10.9 Å². The van der Waals surface area contributed by atoms with E-state index >= 15 is 0 Å². The van der Waals surface area contributed by atoms with Crippen molar-refractivity contribution in [3.8, 4) is 11.3 Å². The second kappa shape index (κ2) is 6.38. The summed E-state index contributed by atoms with van der Waals surface area (Å²) in [6, 6.07) is 12.0. The van der Waals surface area contributed by atoms with Gasteiger partial charge < -0.3 is 4.90 Å². The monoisotopic (exact) mass is 358 g/mol. The van der Waals surface area contributed by atoms with Crippen molar-refractivity contribution in [3.05, 3.63) is 42.2 Å². The van der Waals surface area contributed by atoms with Crippen LogP contribution in [-0.2, 0) is 10.0 Å². The van der Waals surface area contributed by atoms with Crippen molar-refractivity contribution in [2.75, 3.05) is 31.1 Å². The van der Waals surface area contributed by atoms with E-state index < -0.39 is 10.0 Å². The van der Waals surface area contributed by atoms with Gasteiger partial charge in [-0.1, -0.05) is 30.3 Å². The molecular weight excluding hydrogens is 336 g/mol. The number of anilines is 1. The fraction of sp³-hybridized carbons (Fsp3) is 0.444. The first-order chi connectivity index (χ1) is 12.0. The molecule has 0 atom stereocenters. The van der Waals surface area contributed by atoms with Crippen LogP contribution in [-0.4, -0.2) is 54.1 Å². The molecule has 25 heavy (non-hydrogen) atoms. The highest BCUT2D eigenvalue weighted by Crippen LogP contribution is 2.32. The number of piperazine rings is 1. The lowest BCUT2D eigenvalue weighted by atomic mass is 10.1. The number of benzene rings is 1. The van der Waals surface area contributed by atoms with Crippen LogP contribution in [0.1, 0.15) is 18.7 Å². The van der Waals surface area contributed by atoms with Crippen LogP contribution in [0, 0.1) is 6.92 Å². The fourth-order valence-corrected chi connectivity index (χ4v) is 5.04. The first-order valence-electron chi connectivity index (χ1n) is 8.69. The van der Waals surface area contributed by atoms with Crippen molar-refractivity contribution in [2.24, 2.45) is 0 Å². The number of hydrogen-bond acceptors (Lipinski definition) is 5. The highest BCUT2D eigenvalue weighted by Gasteiger charge is 2.41. The summed E-state index contributed by atoms with van der Waals surface area (Å²) in [6.45, 7) is 4.28. The SMILES string of the molecule is Cc1nc(-c2ccccc2)cc(N2CCN(S(=O)(=O)C3CC3)CC2)n1. The van der Waals surface area contributed by atoms with Gasteiger partial charge in [0, 0.05) is 37.8 Å². The lowest BCUT2D eigenvalue weighted by Gasteiger charge is -2.35. The Labute approximate surface area is 148 Å². The Balaban J connectivity index is 1.52. The van der Waals surface area contributed by atoms with E-state index in [9.17, 15) is 8.42 Å². The number of aryl methyl sites for hydroxylation is 1.